The minimum Gasteiger partial charge on any atom is -0.370 e. The smallest absolute Gasteiger partial charge is 0.272 e. The average molecular weight is 276 g/mol. The van der Waals surface area contributed by atoms with Crippen molar-refractivity contribution in [1.29, 1.82) is 0 Å². The number of aromatic nitrogens is 1. The molecule has 1 aromatic heterocycles. The molecule has 0 aromatic carbocycles. The quantitative estimate of drug-likeness (QED) is 0.905. The Morgan fingerprint density at radius 3 is 2.90 bits per heavy atom. The van der Waals surface area contributed by atoms with E-state index in [-0.39, 0.29) is 11.9 Å². The lowest BCUT2D eigenvalue weighted by molar-refractivity contribution is 0.0767. The minimum absolute atomic E-state index is 0.00171. The zero-order chi connectivity index (χ0) is 14.5. The number of rotatable bonds is 4. The largest absolute Gasteiger partial charge is 0.370 e. The molecule has 1 atom stereocenters. The number of carbonyl (C=O) groups is 1. The van der Waals surface area contributed by atoms with Gasteiger partial charge in [0.1, 0.15) is 5.69 Å². The zero-order valence-corrected chi connectivity index (χ0v) is 12.4. The van der Waals surface area contributed by atoms with Crippen LogP contribution in [0.5, 0.6) is 0 Å². The molecule has 1 aliphatic rings. The fourth-order valence-electron chi connectivity index (χ4n) is 2.65. The van der Waals surface area contributed by atoms with E-state index in [9.17, 15) is 4.79 Å². The van der Waals surface area contributed by atoms with Crippen LogP contribution in [0.1, 0.15) is 37.2 Å². The molecular formula is C15H24N4O. The molecular weight excluding hydrogens is 252 g/mol. The Balaban J connectivity index is 2.17. The van der Waals surface area contributed by atoms with Gasteiger partial charge in [0, 0.05) is 44.1 Å². The maximum atomic E-state index is 12.3. The Bertz CT molecular complexity index is 459. The molecule has 1 aliphatic heterocycles. The van der Waals surface area contributed by atoms with E-state index in [1.54, 1.807) is 11.1 Å². The fourth-order valence-corrected chi connectivity index (χ4v) is 2.65. The normalized spacial score (nSPS) is 18.9. The molecule has 0 bridgehead atoms. The van der Waals surface area contributed by atoms with Gasteiger partial charge >= 0.3 is 0 Å². The predicted octanol–water partition coefficient (Wildman–Crippen LogP) is 1.49. The second kappa shape index (κ2) is 6.70. The lowest BCUT2D eigenvalue weighted by Gasteiger charge is -2.32. The summed E-state index contributed by atoms with van der Waals surface area (Å²) in [4.78, 5) is 20.6. The van der Waals surface area contributed by atoms with Gasteiger partial charge in [0.2, 0.25) is 0 Å². The number of piperidine rings is 1. The predicted molar refractivity (Wildman–Crippen MR) is 80.9 cm³/mol. The monoisotopic (exact) mass is 276 g/mol. The van der Waals surface area contributed by atoms with Gasteiger partial charge in [-0.05, 0) is 38.8 Å². The number of pyridine rings is 1. The molecule has 1 aromatic rings. The molecule has 0 radical (unpaired) electrons. The van der Waals surface area contributed by atoms with Crippen LogP contribution in [0.4, 0.5) is 5.69 Å². The van der Waals surface area contributed by atoms with Gasteiger partial charge in [0.05, 0.1) is 0 Å². The van der Waals surface area contributed by atoms with Crippen molar-refractivity contribution in [3.8, 4) is 0 Å². The van der Waals surface area contributed by atoms with Crippen LogP contribution in [0.3, 0.4) is 0 Å². The number of carbonyl (C=O) groups excluding carboxylic acids is 1. The van der Waals surface area contributed by atoms with Crippen LogP contribution in [-0.2, 0) is 0 Å². The van der Waals surface area contributed by atoms with E-state index >= 15 is 0 Å². The molecule has 0 saturated carbocycles. The van der Waals surface area contributed by atoms with Gasteiger partial charge in [0.15, 0.2) is 0 Å². The van der Waals surface area contributed by atoms with Crippen molar-refractivity contribution in [2.24, 2.45) is 5.73 Å². The SMILES string of the molecule is CCN(CC)C(=O)c1cc(N2CCC[C@@H](N)C2)ccn1. The van der Waals surface area contributed by atoms with Gasteiger partial charge in [-0.2, -0.15) is 0 Å². The molecule has 0 unspecified atom stereocenters. The molecule has 5 heteroatoms. The summed E-state index contributed by atoms with van der Waals surface area (Å²) in [6, 6.07) is 4.06. The van der Waals surface area contributed by atoms with Gasteiger partial charge in [0.25, 0.3) is 5.91 Å². The summed E-state index contributed by atoms with van der Waals surface area (Å²) >= 11 is 0. The molecule has 2 heterocycles. The highest BCUT2D eigenvalue weighted by Gasteiger charge is 2.19. The van der Waals surface area contributed by atoms with Crippen LogP contribution in [-0.4, -0.2) is 48.0 Å². The molecule has 1 fully saturated rings. The Morgan fingerprint density at radius 2 is 2.25 bits per heavy atom. The number of nitrogens with two attached hydrogens (primary N) is 1. The Morgan fingerprint density at radius 1 is 1.50 bits per heavy atom. The lowest BCUT2D eigenvalue weighted by Crippen LogP contribution is -2.43. The molecule has 0 aliphatic carbocycles. The standard InChI is InChI=1S/C15H24N4O/c1-3-18(4-2)15(20)14-10-13(7-8-17-14)19-9-5-6-12(16)11-19/h7-8,10,12H,3-6,9,11,16H2,1-2H3/t12-/m1/s1. The molecule has 1 saturated heterocycles. The Kier molecular flexibility index (Phi) is 4.95. The molecule has 20 heavy (non-hydrogen) atoms. The number of anilines is 1. The van der Waals surface area contributed by atoms with E-state index in [1.807, 2.05) is 26.0 Å². The van der Waals surface area contributed by atoms with Crippen LogP contribution < -0.4 is 10.6 Å². The van der Waals surface area contributed by atoms with E-state index in [2.05, 4.69) is 9.88 Å². The first-order valence-corrected chi connectivity index (χ1v) is 7.41. The van der Waals surface area contributed by atoms with Crippen molar-refractivity contribution in [1.82, 2.24) is 9.88 Å². The molecule has 0 spiro atoms. The second-order valence-electron chi connectivity index (χ2n) is 5.23. The third-order valence-corrected chi connectivity index (χ3v) is 3.84. The lowest BCUT2D eigenvalue weighted by atomic mass is 10.1. The van der Waals surface area contributed by atoms with Gasteiger partial charge in [-0.3, -0.25) is 9.78 Å². The summed E-state index contributed by atoms with van der Waals surface area (Å²) in [6.07, 6.45) is 3.89. The third-order valence-electron chi connectivity index (χ3n) is 3.84. The van der Waals surface area contributed by atoms with Crippen molar-refractivity contribution in [3.63, 3.8) is 0 Å². The number of hydrogen-bond acceptors (Lipinski definition) is 4. The number of hydrogen-bond donors (Lipinski definition) is 1. The first-order valence-electron chi connectivity index (χ1n) is 7.41. The van der Waals surface area contributed by atoms with E-state index in [0.29, 0.717) is 18.8 Å². The Hall–Kier alpha value is -1.62. The topological polar surface area (TPSA) is 62.5 Å². The first kappa shape index (κ1) is 14.8. The summed E-state index contributed by atoms with van der Waals surface area (Å²) in [5.41, 5.74) is 7.58. The second-order valence-corrected chi connectivity index (χ2v) is 5.23. The Labute approximate surface area is 120 Å². The maximum Gasteiger partial charge on any atom is 0.272 e. The van der Waals surface area contributed by atoms with Crippen molar-refractivity contribution in [2.75, 3.05) is 31.1 Å². The van der Waals surface area contributed by atoms with Gasteiger partial charge in [-0.25, -0.2) is 0 Å². The minimum atomic E-state index is -0.00171. The summed E-state index contributed by atoms with van der Waals surface area (Å²) in [6.45, 7) is 7.22. The van der Waals surface area contributed by atoms with Crippen LogP contribution in [0.2, 0.25) is 0 Å². The molecule has 110 valence electrons. The van der Waals surface area contributed by atoms with E-state index in [4.69, 9.17) is 5.73 Å². The molecule has 2 N–H and O–H groups in total. The first-order chi connectivity index (χ1) is 9.65. The average Bonchev–Trinajstić information content (AvgIpc) is 2.48. The van der Waals surface area contributed by atoms with E-state index < -0.39 is 0 Å². The maximum absolute atomic E-state index is 12.3. The van der Waals surface area contributed by atoms with E-state index in [0.717, 1.165) is 31.6 Å². The third kappa shape index (κ3) is 3.28. The van der Waals surface area contributed by atoms with Crippen LogP contribution in [0.15, 0.2) is 18.3 Å². The summed E-state index contributed by atoms with van der Waals surface area (Å²) < 4.78 is 0. The zero-order valence-electron chi connectivity index (χ0n) is 12.4. The highest BCUT2D eigenvalue weighted by molar-refractivity contribution is 5.93. The number of nitrogens with zero attached hydrogens (tertiary/aromatic N) is 3. The van der Waals surface area contributed by atoms with Crippen molar-refractivity contribution < 1.29 is 4.79 Å². The summed E-state index contributed by atoms with van der Waals surface area (Å²) in [5, 5.41) is 0. The summed E-state index contributed by atoms with van der Waals surface area (Å²) in [5.74, 6) is -0.00171. The number of amides is 1. The molecule has 5 nitrogen and oxygen atoms in total. The molecule has 2 rings (SSSR count). The highest BCUT2D eigenvalue weighted by atomic mass is 16.2. The fraction of sp³-hybridized carbons (Fsp3) is 0.600. The van der Waals surface area contributed by atoms with Crippen molar-refractivity contribution in [2.45, 2.75) is 32.7 Å². The molecule has 1 amide bonds. The summed E-state index contributed by atoms with van der Waals surface area (Å²) in [7, 11) is 0. The van der Waals surface area contributed by atoms with Gasteiger partial charge in [-0.15, -0.1) is 0 Å². The van der Waals surface area contributed by atoms with Gasteiger partial charge < -0.3 is 15.5 Å². The van der Waals surface area contributed by atoms with Crippen LogP contribution in [0.25, 0.3) is 0 Å². The van der Waals surface area contributed by atoms with Crippen molar-refractivity contribution in [3.05, 3.63) is 24.0 Å². The van der Waals surface area contributed by atoms with Crippen LogP contribution in [0, 0.1) is 0 Å². The van der Waals surface area contributed by atoms with Gasteiger partial charge in [-0.1, -0.05) is 0 Å². The van der Waals surface area contributed by atoms with Crippen LogP contribution >= 0.6 is 0 Å². The van der Waals surface area contributed by atoms with Crippen molar-refractivity contribution >= 4 is 11.6 Å². The highest BCUT2D eigenvalue weighted by Crippen LogP contribution is 2.20. The van der Waals surface area contributed by atoms with E-state index in [1.165, 1.54) is 0 Å².